The molecule has 2 rings (SSSR count). The first-order valence-electron chi connectivity index (χ1n) is 8.22. The molecule has 1 saturated heterocycles. The van der Waals surface area contributed by atoms with Crippen molar-refractivity contribution in [3.63, 3.8) is 0 Å². The van der Waals surface area contributed by atoms with Crippen molar-refractivity contribution in [1.82, 2.24) is 16.0 Å². The molecule has 7 nitrogen and oxygen atoms in total. The molecule has 8 heteroatoms. The molecule has 2 fully saturated rings. The standard InChI is InChI=1S/C15H28N4O3.HI/c1-3-21-15(20)19-13(11-6-7-11)10-18-14(16-2)17-9-12-5-4-8-22-12;/h11-13H,3-10H2,1-2H3,(H,19,20)(H2,16,17,18);1H. The normalized spacial score (nSPS) is 22.0. The van der Waals surface area contributed by atoms with Gasteiger partial charge < -0.3 is 25.4 Å². The molecule has 2 atom stereocenters. The third kappa shape index (κ3) is 7.56. The van der Waals surface area contributed by atoms with E-state index in [0.717, 1.165) is 44.8 Å². The van der Waals surface area contributed by atoms with Gasteiger partial charge >= 0.3 is 6.09 Å². The minimum Gasteiger partial charge on any atom is -0.450 e. The average molecular weight is 440 g/mol. The number of carbonyl (C=O) groups excluding carboxylic acids is 1. The molecule has 0 radical (unpaired) electrons. The molecule has 134 valence electrons. The summed E-state index contributed by atoms with van der Waals surface area (Å²) in [4.78, 5) is 15.8. The quantitative estimate of drug-likeness (QED) is 0.317. The lowest BCUT2D eigenvalue weighted by molar-refractivity contribution is 0.114. The van der Waals surface area contributed by atoms with Gasteiger partial charge in [0, 0.05) is 26.7 Å². The van der Waals surface area contributed by atoms with E-state index in [2.05, 4.69) is 20.9 Å². The summed E-state index contributed by atoms with van der Waals surface area (Å²) in [6.45, 7) is 4.46. The van der Waals surface area contributed by atoms with Gasteiger partial charge in [-0.25, -0.2) is 4.79 Å². The zero-order valence-electron chi connectivity index (χ0n) is 14.0. The predicted octanol–water partition coefficient (Wildman–Crippen LogP) is 1.47. The molecule has 0 spiro atoms. The summed E-state index contributed by atoms with van der Waals surface area (Å²) in [5.41, 5.74) is 0. The van der Waals surface area contributed by atoms with E-state index in [1.165, 1.54) is 0 Å². The van der Waals surface area contributed by atoms with E-state index in [1.807, 2.05) is 0 Å². The van der Waals surface area contributed by atoms with Crippen molar-refractivity contribution >= 4 is 36.0 Å². The van der Waals surface area contributed by atoms with Crippen LogP contribution in [-0.2, 0) is 9.47 Å². The van der Waals surface area contributed by atoms with Gasteiger partial charge in [-0.3, -0.25) is 4.99 Å². The summed E-state index contributed by atoms with van der Waals surface area (Å²) in [5.74, 6) is 1.28. The van der Waals surface area contributed by atoms with Crippen molar-refractivity contribution < 1.29 is 14.3 Å². The van der Waals surface area contributed by atoms with Crippen LogP contribution in [-0.4, -0.2) is 57.5 Å². The van der Waals surface area contributed by atoms with Crippen LogP contribution in [0.3, 0.4) is 0 Å². The number of amides is 1. The van der Waals surface area contributed by atoms with Crippen molar-refractivity contribution in [1.29, 1.82) is 0 Å². The van der Waals surface area contributed by atoms with E-state index in [9.17, 15) is 4.79 Å². The van der Waals surface area contributed by atoms with Crippen LogP contribution >= 0.6 is 24.0 Å². The molecule has 1 aliphatic carbocycles. The van der Waals surface area contributed by atoms with E-state index in [1.54, 1.807) is 14.0 Å². The van der Waals surface area contributed by atoms with E-state index < -0.39 is 0 Å². The number of nitrogens with one attached hydrogen (secondary N) is 3. The number of carbonyl (C=O) groups is 1. The maximum atomic E-state index is 11.6. The van der Waals surface area contributed by atoms with Crippen molar-refractivity contribution in [3.05, 3.63) is 0 Å². The molecule has 23 heavy (non-hydrogen) atoms. The molecule has 1 aliphatic heterocycles. The fraction of sp³-hybridized carbons (Fsp3) is 0.867. The highest BCUT2D eigenvalue weighted by molar-refractivity contribution is 14.0. The molecule has 0 aromatic rings. The minimum absolute atomic E-state index is 0. The molecule has 2 aliphatic rings. The molecule has 1 saturated carbocycles. The molecule has 1 amide bonds. The molecular formula is C15H29IN4O3. The van der Waals surface area contributed by atoms with Crippen molar-refractivity contribution in [2.24, 2.45) is 10.9 Å². The van der Waals surface area contributed by atoms with Gasteiger partial charge in [0.25, 0.3) is 0 Å². The average Bonchev–Trinajstić information content (AvgIpc) is 3.23. The number of guanidine groups is 1. The summed E-state index contributed by atoms with van der Waals surface area (Å²) >= 11 is 0. The highest BCUT2D eigenvalue weighted by Crippen LogP contribution is 2.32. The Labute approximate surface area is 155 Å². The Morgan fingerprint density at radius 1 is 1.35 bits per heavy atom. The Kier molecular flexibility index (Phi) is 9.61. The highest BCUT2D eigenvalue weighted by Gasteiger charge is 2.32. The maximum Gasteiger partial charge on any atom is 0.407 e. The van der Waals surface area contributed by atoms with Crippen molar-refractivity contribution in [2.45, 2.75) is 44.8 Å². The van der Waals surface area contributed by atoms with Crippen molar-refractivity contribution in [2.75, 3.05) is 33.4 Å². The molecule has 0 aromatic heterocycles. The Bertz CT molecular complexity index is 385. The van der Waals surface area contributed by atoms with Crippen molar-refractivity contribution in [3.8, 4) is 0 Å². The smallest absolute Gasteiger partial charge is 0.407 e. The van der Waals surface area contributed by atoms with Crippen LogP contribution in [0.2, 0.25) is 0 Å². The summed E-state index contributed by atoms with van der Waals surface area (Å²) in [6.07, 6.45) is 4.46. The second-order valence-corrected chi connectivity index (χ2v) is 5.78. The van der Waals surface area contributed by atoms with Gasteiger partial charge in [0.2, 0.25) is 0 Å². The predicted molar refractivity (Wildman–Crippen MR) is 100 cm³/mol. The van der Waals surface area contributed by atoms with Gasteiger partial charge in [0.05, 0.1) is 18.8 Å². The van der Waals surface area contributed by atoms with Crippen LogP contribution < -0.4 is 16.0 Å². The number of aliphatic imine (C=N–C) groups is 1. The zero-order valence-corrected chi connectivity index (χ0v) is 16.3. The van der Waals surface area contributed by atoms with Gasteiger partial charge in [-0.2, -0.15) is 0 Å². The lowest BCUT2D eigenvalue weighted by Gasteiger charge is -2.21. The Balaban J connectivity index is 0.00000264. The van der Waals surface area contributed by atoms with E-state index >= 15 is 0 Å². The van der Waals surface area contributed by atoms with Gasteiger partial charge in [-0.15, -0.1) is 24.0 Å². The van der Waals surface area contributed by atoms with Gasteiger partial charge in [0.1, 0.15) is 0 Å². The second-order valence-electron chi connectivity index (χ2n) is 5.78. The fourth-order valence-electron chi connectivity index (χ4n) is 2.60. The molecule has 2 unspecified atom stereocenters. The number of rotatable bonds is 7. The van der Waals surface area contributed by atoms with Crippen LogP contribution in [0, 0.1) is 5.92 Å². The Morgan fingerprint density at radius 2 is 2.13 bits per heavy atom. The molecular weight excluding hydrogens is 411 g/mol. The van der Waals surface area contributed by atoms with Crippen LogP contribution in [0.25, 0.3) is 0 Å². The minimum atomic E-state index is -0.344. The number of hydrogen-bond donors (Lipinski definition) is 3. The van der Waals surface area contributed by atoms with E-state index in [-0.39, 0.29) is 42.2 Å². The van der Waals surface area contributed by atoms with Gasteiger partial charge in [0.15, 0.2) is 5.96 Å². The van der Waals surface area contributed by atoms with Crippen LogP contribution in [0.15, 0.2) is 4.99 Å². The number of nitrogens with zero attached hydrogens (tertiary/aromatic N) is 1. The lowest BCUT2D eigenvalue weighted by Crippen LogP contribution is -2.49. The zero-order chi connectivity index (χ0) is 15.8. The fourth-order valence-corrected chi connectivity index (χ4v) is 2.60. The Morgan fingerprint density at radius 3 is 2.70 bits per heavy atom. The van der Waals surface area contributed by atoms with Crippen LogP contribution in [0.4, 0.5) is 4.79 Å². The summed E-state index contributed by atoms with van der Waals surface area (Å²) < 4.78 is 10.5. The first-order valence-corrected chi connectivity index (χ1v) is 8.22. The van der Waals surface area contributed by atoms with E-state index in [0.29, 0.717) is 19.1 Å². The van der Waals surface area contributed by atoms with Crippen LogP contribution in [0.1, 0.15) is 32.6 Å². The first-order chi connectivity index (χ1) is 10.7. The maximum absolute atomic E-state index is 11.6. The largest absolute Gasteiger partial charge is 0.450 e. The monoisotopic (exact) mass is 440 g/mol. The van der Waals surface area contributed by atoms with Gasteiger partial charge in [-0.1, -0.05) is 0 Å². The third-order valence-corrected chi connectivity index (χ3v) is 4.00. The summed E-state index contributed by atoms with van der Waals surface area (Å²) in [5, 5.41) is 9.48. The molecule has 0 bridgehead atoms. The SMILES string of the molecule is CCOC(=O)NC(CNC(=NC)NCC1CCCO1)C1CC1.I. The summed E-state index contributed by atoms with van der Waals surface area (Å²) in [7, 11) is 1.75. The third-order valence-electron chi connectivity index (χ3n) is 4.00. The number of alkyl carbamates (subject to hydrolysis) is 1. The topological polar surface area (TPSA) is 84.0 Å². The first kappa shape index (κ1) is 20.3. The number of ether oxygens (including phenoxy) is 2. The van der Waals surface area contributed by atoms with Crippen LogP contribution in [0.5, 0.6) is 0 Å². The Hall–Kier alpha value is -0.770. The molecule has 1 heterocycles. The second kappa shape index (κ2) is 10.9. The lowest BCUT2D eigenvalue weighted by atomic mass is 10.2. The number of hydrogen-bond acceptors (Lipinski definition) is 4. The van der Waals surface area contributed by atoms with Gasteiger partial charge in [-0.05, 0) is 38.5 Å². The summed E-state index contributed by atoms with van der Waals surface area (Å²) in [6, 6.07) is 0.0836. The van der Waals surface area contributed by atoms with E-state index in [4.69, 9.17) is 9.47 Å². The highest BCUT2D eigenvalue weighted by atomic mass is 127. The molecule has 0 aromatic carbocycles. The number of halogens is 1. The molecule has 3 N–H and O–H groups in total.